The molecule has 0 aromatic carbocycles. The molecular weight excluding hydrogens is 208 g/mol. The van der Waals surface area contributed by atoms with Crippen LogP contribution in [0.25, 0.3) is 0 Å². The van der Waals surface area contributed by atoms with Crippen LogP contribution in [0.5, 0.6) is 0 Å². The molecule has 0 bridgehead atoms. The van der Waals surface area contributed by atoms with E-state index in [0.29, 0.717) is 30.8 Å². The van der Waals surface area contributed by atoms with Crippen LogP contribution in [-0.4, -0.2) is 28.0 Å². The Bertz CT molecular complexity index is 319. The predicted molar refractivity (Wildman–Crippen MR) is 56.7 cm³/mol. The summed E-state index contributed by atoms with van der Waals surface area (Å²) in [4.78, 5) is 4.08. The summed E-state index contributed by atoms with van der Waals surface area (Å²) in [5.41, 5.74) is 0. The topological polar surface area (TPSA) is 68.4 Å². The lowest BCUT2D eigenvalue weighted by Gasteiger charge is -2.26. The largest absolute Gasteiger partial charge is 0.396 e. The summed E-state index contributed by atoms with van der Waals surface area (Å²) >= 11 is 0. The average Bonchev–Trinajstić information content (AvgIpc) is 2.73. The SMILES string of the molecule is Cc1noc(COC2CCC(CO)CC2)n1. The second kappa shape index (κ2) is 5.41. The minimum Gasteiger partial charge on any atom is -0.396 e. The van der Waals surface area contributed by atoms with Gasteiger partial charge in [-0.15, -0.1) is 0 Å². The Balaban J connectivity index is 1.71. The first kappa shape index (κ1) is 11.5. The molecule has 0 atom stereocenters. The summed E-state index contributed by atoms with van der Waals surface area (Å²) in [7, 11) is 0. The van der Waals surface area contributed by atoms with Gasteiger partial charge in [0.25, 0.3) is 5.89 Å². The molecule has 0 aliphatic heterocycles. The Hall–Kier alpha value is -0.940. The Morgan fingerprint density at radius 3 is 2.69 bits per heavy atom. The molecule has 1 saturated carbocycles. The third-order valence-electron chi connectivity index (χ3n) is 3.06. The van der Waals surface area contributed by atoms with Crippen LogP contribution in [0.4, 0.5) is 0 Å². The first-order chi connectivity index (χ1) is 7.78. The van der Waals surface area contributed by atoms with Gasteiger partial charge in [0.2, 0.25) is 0 Å². The summed E-state index contributed by atoms with van der Waals surface area (Å²) in [6.07, 6.45) is 4.39. The fourth-order valence-electron chi connectivity index (χ4n) is 2.07. The van der Waals surface area contributed by atoms with Crippen molar-refractivity contribution in [1.29, 1.82) is 0 Å². The van der Waals surface area contributed by atoms with Crippen LogP contribution < -0.4 is 0 Å². The van der Waals surface area contributed by atoms with Gasteiger partial charge in [-0.1, -0.05) is 5.16 Å². The van der Waals surface area contributed by atoms with Crippen LogP contribution in [0.15, 0.2) is 4.52 Å². The van der Waals surface area contributed by atoms with Gasteiger partial charge in [0.05, 0.1) is 6.10 Å². The number of hydrogen-bond donors (Lipinski definition) is 1. The van der Waals surface area contributed by atoms with Crippen molar-refractivity contribution >= 4 is 0 Å². The summed E-state index contributed by atoms with van der Waals surface area (Å²) in [5, 5.41) is 12.7. The van der Waals surface area contributed by atoms with E-state index in [1.807, 2.05) is 0 Å². The highest BCUT2D eigenvalue weighted by molar-refractivity contribution is 4.81. The average molecular weight is 226 g/mol. The Kier molecular flexibility index (Phi) is 3.90. The third-order valence-corrected chi connectivity index (χ3v) is 3.06. The summed E-state index contributed by atoms with van der Waals surface area (Å²) in [5.74, 6) is 1.65. The standard InChI is InChI=1S/C11H18N2O3/c1-8-12-11(16-13-8)7-15-10-4-2-9(6-14)3-5-10/h9-10,14H,2-7H2,1H3. The van der Waals surface area contributed by atoms with Crippen LogP contribution in [0.2, 0.25) is 0 Å². The molecule has 1 N–H and O–H groups in total. The van der Waals surface area contributed by atoms with Crippen molar-refractivity contribution in [2.75, 3.05) is 6.61 Å². The van der Waals surface area contributed by atoms with E-state index in [9.17, 15) is 0 Å². The van der Waals surface area contributed by atoms with E-state index in [4.69, 9.17) is 14.4 Å². The Morgan fingerprint density at radius 1 is 1.38 bits per heavy atom. The van der Waals surface area contributed by atoms with Gasteiger partial charge in [0.15, 0.2) is 5.82 Å². The van der Waals surface area contributed by atoms with Crippen molar-refractivity contribution < 1.29 is 14.4 Å². The number of aliphatic hydroxyl groups is 1. The van der Waals surface area contributed by atoms with Crippen LogP contribution in [0.3, 0.4) is 0 Å². The normalized spacial score (nSPS) is 25.9. The van der Waals surface area contributed by atoms with Crippen molar-refractivity contribution in [2.45, 2.75) is 45.3 Å². The first-order valence-electron chi connectivity index (χ1n) is 5.79. The van der Waals surface area contributed by atoms with Gasteiger partial charge in [0.1, 0.15) is 6.61 Å². The van der Waals surface area contributed by atoms with Crippen molar-refractivity contribution in [3.05, 3.63) is 11.7 Å². The molecule has 0 unspecified atom stereocenters. The zero-order valence-corrected chi connectivity index (χ0v) is 9.56. The number of aromatic nitrogens is 2. The smallest absolute Gasteiger partial charge is 0.252 e. The molecule has 1 aromatic rings. The van der Waals surface area contributed by atoms with Gasteiger partial charge in [0, 0.05) is 6.61 Å². The highest BCUT2D eigenvalue weighted by Crippen LogP contribution is 2.26. The molecule has 0 spiro atoms. The van der Waals surface area contributed by atoms with Crippen LogP contribution in [0, 0.1) is 12.8 Å². The molecule has 1 aliphatic rings. The molecule has 1 aromatic heterocycles. The fraction of sp³-hybridized carbons (Fsp3) is 0.818. The number of nitrogens with zero attached hydrogens (tertiary/aromatic N) is 2. The summed E-state index contributed by atoms with van der Waals surface area (Å²) < 4.78 is 10.7. The molecule has 0 saturated heterocycles. The Labute approximate surface area is 94.8 Å². The molecule has 5 heteroatoms. The van der Waals surface area contributed by atoms with Gasteiger partial charge in [-0.05, 0) is 38.5 Å². The van der Waals surface area contributed by atoms with E-state index in [0.717, 1.165) is 25.7 Å². The quantitative estimate of drug-likeness (QED) is 0.841. The van der Waals surface area contributed by atoms with Gasteiger partial charge in [-0.3, -0.25) is 0 Å². The molecule has 1 heterocycles. The minimum atomic E-state index is 0.273. The molecule has 1 aliphatic carbocycles. The molecule has 0 radical (unpaired) electrons. The van der Waals surface area contributed by atoms with E-state index in [2.05, 4.69) is 10.1 Å². The molecule has 5 nitrogen and oxygen atoms in total. The fourth-order valence-corrected chi connectivity index (χ4v) is 2.07. The lowest BCUT2D eigenvalue weighted by molar-refractivity contribution is -0.00903. The zero-order chi connectivity index (χ0) is 11.4. The van der Waals surface area contributed by atoms with Crippen LogP contribution in [0.1, 0.15) is 37.4 Å². The molecule has 1 fully saturated rings. The lowest BCUT2D eigenvalue weighted by atomic mass is 9.88. The summed E-state index contributed by atoms with van der Waals surface area (Å²) in [6.45, 7) is 2.49. The maximum absolute atomic E-state index is 9.01. The van der Waals surface area contributed by atoms with Gasteiger partial charge in [-0.2, -0.15) is 4.98 Å². The maximum atomic E-state index is 9.01. The van der Waals surface area contributed by atoms with Crippen LogP contribution >= 0.6 is 0 Å². The minimum absolute atomic E-state index is 0.273. The highest BCUT2D eigenvalue weighted by Gasteiger charge is 2.21. The second-order valence-electron chi connectivity index (χ2n) is 4.37. The predicted octanol–water partition coefficient (Wildman–Crippen LogP) is 1.45. The number of hydrogen-bond acceptors (Lipinski definition) is 5. The lowest BCUT2D eigenvalue weighted by Crippen LogP contribution is -2.23. The second-order valence-corrected chi connectivity index (χ2v) is 4.37. The molecule has 16 heavy (non-hydrogen) atoms. The maximum Gasteiger partial charge on any atom is 0.252 e. The number of rotatable bonds is 4. The van der Waals surface area contributed by atoms with Gasteiger partial charge < -0.3 is 14.4 Å². The van der Waals surface area contributed by atoms with E-state index >= 15 is 0 Å². The van der Waals surface area contributed by atoms with Crippen molar-refractivity contribution in [2.24, 2.45) is 5.92 Å². The zero-order valence-electron chi connectivity index (χ0n) is 9.56. The van der Waals surface area contributed by atoms with E-state index < -0.39 is 0 Å². The molecule has 0 amide bonds. The number of ether oxygens (including phenoxy) is 1. The first-order valence-corrected chi connectivity index (χ1v) is 5.79. The van der Waals surface area contributed by atoms with Crippen molar-refractivity contribution in [3.63, 3.8) is 0 Å². The third kappa shape index (κ3) is 3.02. The van der Waals surface area contributed by atoms with E-state index in [-0.39, 0.29) is 6.10 Å². The van der Waals surface area contributed by atoms with Gasteiger partial charge >= 0.3 is 0 Å². The Morgan fingerprint density at radius 2 is 2.12 bits per heavy atom. The van der Waals surface area contributed by atoms with Crippen LogP contribution in [-0.2, 0) is 11.3 Å². The van der Waals surface area contributed by atoms with Gasteiger partial charge in [-0.25, -0.2) is 0 Å². The highest BCUT2D eigenvalue weighted by atomic mass is 16.5. The number of aryl methyl sites for hydroxylation is 1. The summed E-state index contributed by atoms with van der Waals surface area (Å²) in [6, 6.07) is 0. The van der Waals surface area contributed by atoms with E-state index in [1.165, 1.54) is 0 Å². The monoisotopic (exact) mass is 226 g/mol. The molecular formula is C11H18N2O3. The molecule has 2 rings (SSSR count). The van der Waals surface area contributed by atoms with Crippen molar-refractivity contribution in [1.82, 2.24) is 10.1 Å². The van der Waals surface area contributed by atoms with E-state index in [1.54, 1.807) is 6.92 Å². The number of aliphatic hydroxyl groups excluding tert-OH is 1. The molecule has 90 valence electrons. The van der Waals surface area contributed by atoms with Crippen molar-refractivity contribution in [3.8, 4) is 0 Å².